The smallest absolute Gasteiger partial charge is 0.00239 e. The van der Waals surface area contributed by atoms with Crippen LogP contribution in [0.2, 0.25) is 0 Å². The van der Waals surface area contributed by atoms with Gasteiger partial charge < -0.3 is 0 Å². The Hall–Kier alpha value is -2.34. The van der Waals surface area contributed by atoms with Crippen molar-refractivity contribution in [2.24, 2.45) is 0 Å². The fourth-order valence-electron chi connectivity index (χ4n) is 4.10. The molecule has 4 aromatic rings. The summed E-state index contributed by atoms with van der Waals surface area (Å²) in [6, 6.07) is 22.1. The Kier molecular flexibility index (Phi) is 2.99. The van der Waals surface area contributed by atoms with Crippen LogP contribution in [0.25, 0.3) is 32.3 Å². The van der Waals surface area contributed by atoms with Gasteiger partial charge in [0.15, 0.2) is 0 Å². The predicted octanol–water partition coefficient (Wildman–Crippen LogP) is 6.75. The first-order valence-electron chi connectivity index (χ1n) is 8.32. The van der Waals surface area contributed by atoms with Gasteiger partial charge in [-0.2, -0.15) is 0 Å². The molecule has 0 atom stereocenters. The quantitative estimate of drug-likeness (QED) is 0.315. The second-order valence-electron chi connectivity index (χ2n) is 7.50. The Morgan fingerprint density at radius 2 is 1.22 bits per heavy atom. The lowest BCUT2D eigenvalue weighted by atomic mass is 9.78. The average Bonchev–Trinajstić information content (AvgIpc) is 2.53. The van der Waals surface area contributed by atoms with Crippen LogP contribution in [0, 0.1) is 6.92 Å². The maximum Gasteiger partial charge on any atom is -0.00239 e. The molecule has 0 heteroatoms. The summed E-state index contributed by atoms with van der Waals surface area (Å²) in [6.45, 7) is 9.22. The maximum absolute atomic E-state index is 2.31. The largest absolute Gasteiger partial charge is 0.0616 e. The van der Waals surface area contributed by atoms with Crippen molar-refractivity contribution in [1.82, 2.24) is 0 Å². The van der Waals surface area contributed by atoms with E-state index in [-0.39, 0.29) is 5.41 Å². The van der Waals surface area contributed by atoms with Crippen LogP contribution >= 0.6 is 0 Å². The van der Waals surface area contributed by atoms with Crippen molar-refractivity contribution in [3.8, 4) is 0 Å². The highest BCUT2D eigenvalue weighted by Crippen LogP contribution is 2.41. The first-order chi connectivity index (χ1) is 11.0. The zero-order chi connectivity index (χ0) is 16.2. The molecule has 4 aromatic carbocycles. The molecule has 0 nitrogen and oxygen atoms in total. The molecule has 0 saturated carbocycles. The molecule has 0 spiro atoms. The van der Waals surface area contributed by atoms with E-state index in [1.165, 1.54) is 43.4 Å². The molecule has 0 heterocycles. The lowest BCUT2D eigenvalue weighted by molar-refractivity contribution is 0.593. The summed E-state index contributed by atoms with van der Waals surface area (Å²) in [4.78, 5) is 0. The van der Waals surface area contributed by atoms with Crippen molar-refractivity contribution in [2.75, 3.05) is 0 Å². The molecule has 0 saturated heterocycles. The molecule has 0 aliphatic rings. The zero-order valence-electron chi connectivity index (χ0n) is 14.3. The number of hydrogen-bond acceptors (Lipinski definition) is 0. The van der Waals surface area contributed by atoms with Crippen LogP contribution in [-0.2, 0) is 5.41 Å². The third-order valence-electron chi connectivity index (χ3n) is 4.92. The van der Waals surface area contributed by atoms with E-state index >= 15 is 0 Å². The summed E-state index contributed by atoms with van der Waals surface area (Å²) in [5, 5.41) is 8.20. The molecule has 0 aromatic heterocycles. The molecule has 4 rings (SSSR count). The summed E-state index contributed by atoms with van der Waals surface area (Å²) in [6.07, 6.45) is 0. The first-order valence-corrected chi connectivity index (χ1v) is 8.32. The SMILES string of the molecule is Cc1c(C(C)(C)C)c2ccccc2c2c1ccc1ccccc12. The van der Waals surface area contributed by atoms with Crippen LogP contribution < -0.4 is 0 Å². The summed E-state index contributed by atoms with van der Waals surface area (Å²) >= 11 is 0. The van der Waals surface area contributed by atoms with E-state index in [1.807, 2.05) is 0 Å². The van der Waals surface area contributed by atoms with E-state index in [0.717, 1.165) is 0 Å². The predicted molar refractivity (Wildman–Crippen MR) is 102 cm³/mol. The summed E-state index contributed by atoms with van der Waals surface area (Å²) in [5.74, 6) is 0. The number of fused-ring (bicyclic) bond motifs is 5. The van der Waals surface area contributed by atoms with Crippen LogP contribution in [-0.4, -0.2) is 0 Å². The van der Waals surface area contributed by atoms with Gasteiger partial charge >= 0.3 is 0 Å². The van der Waals surface area contributed by atoms with Gasteiger partial charge in [-0.1, -0.05) is 81.4 Å². The molecule has 0 bridgehead atoms. The van der Waals surface area contributed by atoms with Gasteiger partial charge in [-0.15, -0.1) is 0 Å². The highest BCUT2D eigenvalue weighted by atomic mass is 14.3. The molecule has 0 amide bonds. The van der Waals surface area contributed by atoms with Crippen molar-refractivity contribution < 1.29 is 0 Å². The maximum atomic E-state index is 2.31. The minimum atomic E-state index is 0.128. The van der Waals surface area contributed by atoms with Crippen LogP contribution in [0.3, 0.4) is 0 Å². The van der Waals surface area contributed by atoms with E-state index in [2.05, 4.69) is 88.4 Å². The second-order valence-corrected chi connectivity index (χ2v) is 7.50. The Labute approximate surface area is 137 Å². The minimum Gasteiger partial charge on any atom is -0.0616 e. The third-order valence-corrected chi connectivity index (χ3v) is 4.92. The first kappa shape index (κ1) is 14.3. The molecule has 0 N–H and O–H groups in total. The molecular formula is C23H22. The Morgan fingerprint density at radius 1 is 0.609 bits per heavy atom. The number of benzene rings is 4. The highest BCUT2D eigenvalue weighted by Gasteiger charge is 2.22. The lowest BCUT2D eigenvalue weighted by Crippen LogP contribution is -2.14. The van der Waals surface area contributed by atoms with Crippen LogP contribution in [0.15, 0.2) is 60.7 Å². The third kappa shape index (κ3) is 2.05. The van der Waals surface area contributed by atoms with Gasteiger partial charge in [0.2, 0.25) is 0 Å². The fourth-order valence-corrected chi connectivity index (χ4v) is 4.10. The van der Waals surface area contributed by atoms with Gasteiger partial charge in [-0.05, 0) is 55.8 Å². The molecule has 0 unspecified atom stereocenters. The topological polar surface area (TPSA) is 0 Å². The van der Waals surface area contributed by atoms with E-state index in [4.69, 9.17) is 0 Å². The van der Waals surface area contributed by atoms with E-state index < -0.39 is 0 Å². The number of aryl methyl sites for hydroxylation is 1. The summed E-state index contributed by atoms with van der Waals surface area (Å²) in [7, 11) is 0. The molecule has 23 heavy (non-hydrogen) atoms. The van der Waals surface area contributed by atoms with Crippen LogP contribution in [0.5, 0.6) is 0 Å². The zero-order valence-corrected chi connectivity index (χ0v) is 14.3. The van der Waals surface area contributed by atoms with Crippen molar-refractivity contribution in [1.29, 1.82) is 0 Å². The monoisotopic (exact) mass is 298 g/mol. The number of hydrogen-bond donors (Lipinski definition) is 0. The standard InChI is InChI=1S/C23H22/c1-15-17-14-13-16-9-5-6-10-18(16)21(17)19-11-7-8-12-20(19)22(15)23(2,3)4/h5-14H,1-4H3. The Bertz CT molecular complexity index is 1050. The molecule has 0 aliphatic carbocycles. The van der Waals surface area contributed by atoms with E-state index in [0.29, 0.717) is 0 Å². The van der Waals surface area contributed by atoms with Gasteiger partial charge in [0.05, 0.1) is 0 Å². The Morgan fingerprint density at radius 3 is 1.91 bits per heavy atom. The molecule has 114 valence electrons. The van der Waals surface area contributed by atoms with Crippen LogP contribution in [0.1, 0.15) is 31.9 Å². The Balaban J connectivity index is 2.37. The van der Waals surface area contributed by atoms with Crippen LogP contribution in [0.4, 0.5) is 0 Å². The lowest BCUT2D eigenvalue weighted by Gasteiger charge is -2.26. The molecular weight excluding hydrogens is 276 g/mol. The van der Waals surface area contributed by atoms with E-state index in [1.54, 1.807) is 0 Å². The summed E-state index contributed by atoms with van der Waals surface area (Å²) < 4.78 is 0. The molecule has 0 radical (unpaired) electrons. The molecule has 0 aliphatic heterocycles. The van der Waals surface area contributed by atoms with Gasteiger partial charge in [0, 0.05) is 0 Å². The van der Waals surface area contributed by atoms with Crippen molar-refractivity contribution in [3.63, 3.8) is 0 Å². The van der Waals surface area contributed by atoms with Crippen molar-refractivity contribution >= 4 is 32.3 Å². The highest BCUT2D eigenvalue weighted by molar-refractivity contribution is 6.22. The average molecular weight is 298 g/mol. The van der Waals surface area contributed by atoms with Crippen molar-refractivity contribution in [3.05, 3.63) is 71.8 Å². The van der Waals surface area contributed by atoms with E-state index in [9.17, 15) is 0 Å². The van der Waals surface area contributed by atoms with Gasteiger partial charge in [-0.3, -0.25) is 0 Å². The van der Waals surface area contributed by atoms with Gasteiger partial charge in [-0.25, -0.2) is 0 Å². The molecule has 0 fully saturated rings. The van der Waals surface area contributed by atoms with Gasteiger partial charge in [0.1, 0.15) is 0 Å². The second kappa shape index (κ2) is 4.83. The number of rotatable bonds is 0. The fraction of sp³-hybridized carbons (Fsp3) is 0.217. The minimum absolute atomic E-state index is 0.128. The van der Waals surface area contributed by atoms with Crippen molar-refractivity contribution in [2.45, 2.75) is 33.1 Å². The summed E-state index contributed by atoms with van der Waals surface area (Å²) in [5.41, 5.74) is 3.01. The van der Waals surface area contributed by atoms with Gasteiger partial charge in [0.25, 0.3) is 0 Å². The normalized spacial score (nSPS) is 12.3.